The first kappa shape index (κ1) is 28.1. The fraction of sp³-hybridized carbons (Fsp3) is 0.345. The summed E-state index contributed by atoms with van der Waals surface area (Å²) in [7, 11) is -3.59. The molecule has 3 aromatic rings. The van der Waals surface area contributed by atoms with Crippen molar-refractivity contribution in [3.63, 3.8) is 0 Å². The van der Waals surface area contributed by atoms with Gasteiger partial charge in [-0.15, -0.1) is 0 Å². The van der Waals surface area contributed by atoms with Gasteiger partial charge in [0.2, 0.25) is 15.9 Å². The highest BCUT2D eigenvalue weighted by Crippen LogP contribution is 2.33. The number of nitrogens with zero attached hydrogens (tertiary/aromatic N) is 1. The summed E-state index contributed by atoms with van der Waals surface area (Å²) >= 11 is 0. The van der Waals surface area contributed by atoms with E-state index in [9.17, 15) is 13.2 Å². The van der Waals surface area contributed by atoms with Crippen LogP contribution in [-0.2, 0) is 20.2 Å². The first-order valence-corrected chi connectivity index (χ1v) is 14.2. The third-order valence-corrected chi connectivity index (χ3v) is 6.86. The van der Waals surface area contributed by atoms with Gasteiger partial charge in [0.1, 0.15) is 18.1 Å². The lowest BCUT2D eigenvalue weighted by molar-refractivity contribution is -0.121. The van der Waals surface area contributed by atoms with Gasteiger partial charge in [-0.3, -0.25) is 9.10 Å². The molecule has 198 valence electrons. The van der Waals surface area contributed by atoms with E-state index in [0.717, 1.165) is 12.0 Å². The highest BCUT2D eigenvalue weighted by atomic mass is 32.2. The van der Waals surface area contributed by atoms with Gasteiger partial charge in [-0.25, -0.2) is 8.42 Å². The number of anilines is 1. The number of benzene rings is 3. The monoisotopic (exact) mass is 524 g/mol. The van der Waals surface area contributed by atoms with E-state index in [1.54, 1.807) is 36.4 Å². The quantitative estimate of drug-likeness (QED) is 0.316. The maximum Gasteiger partial charge on any atom is 0.232 e. The Morgan fingerprint density at radius 1 is 0.892 bits per heavy atom. The molecule has 37 heavy (non-hydrogen) atoms. The summed E-state index contributed by atoms with van der Waals surface area (Å²) in [5.41, 5.74) is 1.74. The highest BCUT2D eigenvalue weighted by molar-refractivity contribution is 7.92. The van der Waals surface area contributed by atoms with Crippen LogP contribution in [0.2, 0.25) is 0 Å². The molecule has 0 bridgehead atoms. The van der Waals surface area contributed by atoms with Crippen LogP contribution >= 0.6 is 0 Å². The third-order valence-electron chi connectivity index (χ3n) is 5.68. The second-order valence-electron chi connectivity index (χ2n) is 9.79. The fourth-order valence-corrected chi connectivity index (χ4v) is 4.68. The highest BCUT2D eigenvalue weighted by Gasteiger charge is 2.21. The van der Waals surface area contributed by atoms with Crippen molar-refractivity contribution >= 4 is 21.6 Å². The van der Waals surface area contributed by atoms with E-state index in [4.69, 9.17) is 9.47 Å². The number of hydrogen-bond acceptors (Lipinski definition) is 5. The SMILES string of the molecule is CC(C)(C)c1ccc(OCCNC(=O)CCCN(c2ccccc2Oc2ccccc2)S(C)(=O)=O)cc1. The number of hydrogen-bond donors (Lipinski definition) is 1. The predicted molar refractivity (Wildman–Crippen MR) is 148 cm³/mol. The molecule has 0 aliphatic rings. The Balaban J connectivity index is 1.49. The van der Waals surface area contributed by atoms with Crippen molar-refractivity contribution < 1.29 is 22.7 Å². The Kier molecular flexibility index (Phi) is 9.58. The van der Waals surface area contributed by atoms with Crippen LogP contribution in [-0.4, -0.2) is 40.3 Å². The predicted octanol–water partition coefficient (Wildman–Crippen LogP) is 5.52. The molecule has 0 radical (unpaired) electrons. The molecular weight excluding hydrogens is 488 g/mol. The molecule has 0 atom stereocenters. The van der Waals surface area contributed by atoms with Crippen LogP contribution in [0.25, 0.3) is 0 Å². The summed E-state index contributed by atoms with van der Waals surface area (Å²) in [5, 5.41) is 2.83. The van der Waals surface area contributed by atoms with Gasteiger partial charge in [0.15, 0.2) is 5.75 Å². The molecule has 0 heterocycles. The van der Waals surface area contributed by atoms with Gasteiger partial charge >= 0.3 is 0 Å². The summed E-state index contributed by atoms with van der Waals surface area (Å²) in [4.78, 5) is 12.3. The van der Waals surface area contributed by atoms with E-state index in [2.05, 4.69) is 26.1 Å². The van der Waals surface area contributed by atoms with E-state index < -0.39 is 10.0 Å². The van der Waals surface area contributed by atoms with Crippen molar-refractivity contribution in [1.82, 2.24) is 5.32 Å². The molecule has 0 unspecified atom stereocenters. The zero-order valence-corrected chi connectivity index (χ0v) is 22.8. The Labute approximate surface area is 220 Å². The molecule has 3 aromatic carbocycles. The minimum absolute atomic E-state index is 0.0796. The molecule has 1 N–H and O–H groups in total. The molecule has 0 spiro atoms. The van der Waals surface area contributed by atoms with Crippen LogP contribution in [0.1, 0.15) is 39.2 Å². The molecule has 8 heteroatoms. The van der Waals surface area contributed by atoms with Gasteiger partial charge in [-0.2, -0.15) is 0 Å². The molecular formula is C29H36N2O5S. The first-order chi connectivity index (χ1) is 17.5. The molecule has 3 rings (SSSR count). The second kappa shape index (κ2) is 12.6. The van der Waals surface area contributed by atoms with Crippen LogP contribution in [0.3, 0.4) is 0 Å². The van der Waals surface area contributed by atoms with Crippen LogP contribution in [0, 0.1) is 0 Å². The van der Waals surface area contributed by atoms with Crippen molar-refractivity contribution in [3.8, 4) is 17.2 Å². The van der Waals surface area contributed by atoms with Crippen LogP contribution in [0.5, 0.6) is 17.2 Å². The van der Waals surface area contributed by atoms with E-state index in [0.29, 0.717) is 36.8 Å². The van der Waals surface area contributed by atoms with Crippen molar-refractivity contribution in [2.75, 3.05) is 30.3 Å². The van der Waals surface area contributed by atoms with E-state index in [1.165, 1.54) is 9.87 Å². The summed E-state index contributed by atoms with van der Waals surface area (Å²) < 4.78 is 38.1. The maximum absolute atomic E-state index is 12.6. The van der Waals surface area contributed by atoms with E-state index >= 15 is 0 Å². The topological polar surface area (TPSA) is 84.9 Å². The normalized spacial score (nSPS) is 11.6. The standard InChI is InChI=1S/C29H36N2O5S/c1-29(2,3)23-16-18-24(19-17-23)35-22-20-30-28(32)15-10-21-31(37(4,33)34)26-13-8-9-14-27(26)36-25-11-6-5-7-12-25/h5-9,11-14,16-19H,10,15,20-22H2,1-4H3,(H,30,32). The van der Waals surface area contributed by atoms with Crippen molar-refractivity contribution in [3.05, 3.63) is 84.4 Å². The second-order valence-corrected chi connectivity index (χ2v) is 11.7. The fourth-order valence-electron chi connectivity index (χ4n) is 3.71. The van der Waals surface area contributed by atoms with Gasteiger partial charge in [0, 0.05) is 13.0 Å². The molecule has 0 saturated heterocycles. The maximum atomic E-state index is 12.6. The number of para-hydroxylation sites is 3. The Morgan fingerprint density at radius 2 is 1.54 bits per heavy atom. The molecule has 0 fully saturated rings. The smallest absolute Gasteiger partial charge is 0.232 e. The van der Waals surface area contributed by atoms with Crippen LogP contribution in [0.15, 0.2) is 78.9 Å². The van der Waals surface area contributed by atoms with Gasteiger partial charge in [-0.1, -0.05) is 63.2 Å². The van der Waals surface area contributed by atoms with Crippen LogP contribution < -0.4 is 19.1 Å². The lowest BCUT2D eigenvalue weighted by Crippen LogP contribution is -2.33. The molecule has 0 aliphatic heterocycles. The minimum Gasteiger partial charge on any atom is -0.492 e. The first-order valence-electron chi connectivity index (χ1n) is 12.3. The van der Waals surface area contributed by atoms with Crippen molar-refractivity contribution in [1.29, 1.82) is 0 Å². The lowest BCUT2D eigenvalue weighted by atomic mass is 9.87. The number of amides is 1. The van der Waals surface area contributed by atoms with Gasteiger partial charge in [0.25, 0.3) is 0 Å². The minimum atomic E-state index is -3.59. The third kappa shape index (κ3) is 8.82. The summed E-state index contributed by atoms with van der Waals surface area (Å²) in [6.07, 6.45) is 1.69. The zero-order chi connectivity index (χ0) is 26.9. The molecule has 0 saturated carbocycles. The van der Waals surface area contributed by atoms with Gasteiger partial charge in [-0.05, 0) is 53.8 Å². The number of rotatable bonds is 12. The number of carbonyl (C=O) groups is 1. The molecule has 1 amide bonds. The number of nitrogens with one attached hydrogen (secondary N) is 1. The van der Waals surface area contributed by atoms with Crippen molar-refractivity contribution in [2.24, 2.45) is 0 Å². The van der Waals surface area contributed by atoms with Gasteiger partial charge < -0.3 is 14.8 Å². The summed E-state index contributed by atoms with van der Waals surface area (Å²) in [6, 6.07) is 24.1. The average Bonchev–Trinajstić information content (AvgIpc) is 2.85. The molecule has 0 aliphatic carbocycles. The Hall–Kier alpha value is -3.52. The number of sulfonamides is 1. The molecule has 7 nitrogen and oxygen atoms in total. The Morgan fingerprint density at radius 3 is 2.19 bits per heavy atom. The largest absolute Gasteiger partial charge is 0.492 e. The molecule has 0 aromatic heterocycles. The van der Waals surface area contributed by atoms with Gasteiger partial charge in [0.05, 0.1) is 18.5 Å². The number of ether oxygens (including phenoxy) is 2. The zero-order valence-electron chi connectivity index (χ0n) is 21.9. The summed E-state index contributed by atoms with van der Waals surface area (Å²) in [5.74, 6) is 1.63. The lowest BCUT2D eigenvalue weighted by Gasteiger charge is -2.24. The Bertz CT molecular complexity index is 1250. The van der Waals surface area contributed by atoms with Crippen LogP contribution in [0.4, 0.5) is 5.69 Å². The summed E-state index contributed by atoms with van der Waals surface area (Å²) in [6.45, 7) is 7.34. The average molecular weight is 525 g/mol. The van der Waals surface area contributed by atoms with E-state index in [-0.39, 0.29) is 24.3 Å². The van der Waals surface area contributed by atoms with Crippen molar-refractivity contribution in [2.45, 2.75) is 39.0 Å². The van der Waals surface area contributed by atoms with E-state index in [1.807, 2.05) is 42.5 Å². The number of carbonyl (C=O) groups excluding carboxylic acids is 1.